The highest BCUT2D eigenvalue weighted by Crippen LogP contribution is 2.34. The maximum absolute atomic E-state index is 12.4. The van der Waals surface area contributed by atoms with Crippen molar-refractivity contribution >= 4 is 23.2 Å². The molecule has 0 amide bonds. The smallest absolute Gasteiger partial charge is 0.158 e. The summed E-state index contributed by atoms with van der Waals surface area (Å²) < 4.78 is 5.50. The Kier molecular flexibility index (Phi) is 13.8. The fourth-order valence-corrected chi connectivity index (χ4v) is 4.85. The van der Waals surface area contributed by atoms with Crippen molar-refractivity contribution in [1.29, 1.82) is 0 Å². The third-order valence-electron chi connectivity index (χ3n) is 6.99. The molecule has 6 heteroatoms. The van der Waals surface area contributed by atoms with Gasteiger partial charge >= 0.3 is 0 Å². The number of unbranched alkanes of at least 4 members (excludes halogenated alkanes) is 4. The fraction of sp³-hybridized carbons (Fsp3) is 0.655. The summed E-state index contributed by atoms with van der Waals surface area (Å²) in [6.45, 7) is 2.38. The number of carbonyl (C=O) groups is 2. The molecule has 3 atom stereocenters. The molecule has 0 aliphatic heterocycles. The van der Waals surface area contributed by atoms with E-state index in [1.54, 1.807) is 0 Å². The van der Waals surface area contributed by atoms with Crippen molar-refractivity contribution in [3.63, 3.8) is 0 Å². The molecule has 1 aliphatic rings. The minimum Gasteiger partial charge on any atom is -0.393 e. The minimum absolute atomic E-state index is 0.0620. The van der Waals surface area contributed by atoms with Crippen molar-refractivity contribution in [2.24, 2.45) is 11.8 Å². The normalized spacial score (nSPS) is 19.9. The largest absolute Gasteiger partial charge is 0.393 e. The zero-order valence-corrected chi connectivity index (χ0v) is 22.0. The summed E-state index contributed by atoms with van der Waals surface area (Å²) in [6, 6.07) is 7.41. The summed E-state index contributed by atoms with van der Waals surface area (Å²) in [6.07, 6.45) is 13.7. The van der Waals surface area contributed by atoms with Gasteiger partial charge in [0.15, 0.2) is 5.78 Å². The number of hydrogen-bond acceptors (Lipinski definition) is 5. The second kappa shape index (κ2) is 16.3. The number of carbonyl (C=O) groups excluding carboxylic acids is 2. The highest BCUT2D eigenvalue weighted by molar-refractivity contribution is 6.30. The average molecular weight is 507 g/mol. The highest BCUT2D eigenvalue weighted by Gasteiger charge is 2.32. The molecule has 0 saturated heterocycles. The van der Waals surface area contributed by atoms with E-state index in [1.165, 1.54) is 0 Å². The standard InChI is InChI=1S/C29H43ClO5/c1-2-3-18-29(34,22-31)19-8-9-24-14-17-28(33)27(24)11-7-5-4-6-10-26(32)21-35-20-23-12-15-25(30)16-13-23/h8-9,12-13,15-16,24,27,31,34H,2-7,10-11,14,17-22H2,1H3/t24-,27+,29?/m0/s1. The van der Waals surface area contributed by atoms with Crippen LogP contribution in [0.4, 0.5) is 0 Å². The van der Waals surface area contributed by atoms with Gasteiger partial charge < -0.3 is 14.9 Å². The van der Waals surface area contributed by atoms with Crippen molar-refractivity contribution in [3.8, 4) is 0 Å². The van der Waals surface area contributed by atoms with Crippen LogP contribution in [-0.4, -0.2) is 40.6 Å². The van der Waals surface area contributed by atoms with Crippen molar-refractivity contribution in [1.82, 2.24) is 0 Å². The number of benzene rings is 1. The molecule has 1 unspecified atom stereocenters. The Balaban J connectivity index is 1.59. The Labute approximate surface area is 215 Å². The molecule has 5 nitrogen and oxygen atoms in total. The maximum atomic E-state index is 12.4. The molecule has 196 valence electrons. The second-order valence-electron chi connectivity index (χ2n) is 10.0. The van der Waals surface area contributed by atoms with Crippen LogP contribution in [0.1, 0.15) is 89.5 Å². The highest BCUT2D eigenvalue weighted by atomic mass is 35.5. The monoisotopic (exact) mass is 506 g/mol. The number of aliphatic hydroxyl groups excluding tert-OH is 1. The average Bonchev–Trinajstić information content (AvgIpc) is 3.20. The van der Waals surface area contributed by atoms with Crippen LogP contribution in [-0.2, 0) is 20.9 Å². The Hall–Kier alpha value is -1.53. The quantitative estimate of drug-likeness (QED) is 0.182. The van der Waals surface area contributed by atoms with Crippen LogP contribution in [0.15, 0.2) is 36.4 Å². The number of rotatable bonds is 18. The lowest BCUT2D eigenvalue weighted by Gasteiger charge is -2.24. The summed E-state index contributed by atoms with van der Waals surface area (Å²) in [5.74, 6) is 0.760. The predicted molar refractivity (Wildman–Crippen MR) is 140 cm³/mol. The molecule has 2 rings (SSSR count). The minimum atomic E-state index is -1.05. The van der Waals surface area contributed by atoms with Crippen LogP contribution in [0.2, 0.25) is 5.02 Å². The molecule has 1 aromatic rings. The van der Waals surface area contributed by atoms with Gasteiger partial charge in [0.25, 0.3) is 0 Å². The molecular formula is C29H43ClO5. The third kappa shape index (κ3) is 11.4. The van der Waals surface area contributed by atoms with Gasteiger partial charge in [-0.05, 0) is 55.7 Å². The van der Waals surface area contributed by atoms with E-state index in [-0.39, 0.29) is 30.8 Å². The summed E-state index contributed by atoms with van der Waals surface area (Å²) in [5, 5.41) is 20.7. The van der Waals surface area contributed by atoms with Crippen LogP contribution in [0, 0.1) is 11.8 Å². The summed E-state index contributed by atoms with van der Waals surface area (Å²) >= 11 is 5.86. The second-order valence-corrected chi connectivity index (χ2v) is 10.4. The lowest BCUT2D eigenvalue weighted by Crippen LogP contribution is -2.32. The SMILES string of the molecule is CCCCC(O)(CO)CC=C[C@H]1CCC(=O)[C@@H]1CCCCCCC(=O)COCc1ccc(Cl)cc1. The Bertz CT molecular complexity index is 791. The zero-order chi connectivity index (χ0) is 25.5. The summed E-state index contributed by atoms with van der Waals surface area (Å²) in [4.78, 5) is 24.4. The van der Waals surface area contributed by atoms with Crippen LogP contribution in [0.3, 0.4) is 0 Å². The van der Waals surface area contributed by atoms with Crippen LogP contribution in [0.25, 0.3) is 0 Å². The van der Waals surface area contributed by atoms with E-state index in [2.05, 4.69) is 13.0 Å². The first-order chi connectivity index (χ1) is 16.9. The maximum Gasteiger partial charge on any atom is 0.158 e. The van der Waals surface area contributed by atoms with Gasteiger partial charge in [0.2, 0.25) is 0 Å². The number of allylic oxidation sites excluding steroid dienone is 1. The number of aliphatic hydroxyl groups is 2. The van der Waals surface area contributed by atoms with Gasteiger partial charge in [-0.25, -0.2) is 0 Å². The van der Waals surface area contributed by atoms with E-state index in [0.717, 1.165) is 56.9 Å². The van der Waals surface area contributed by atoms with Crippen LogP contribution in [0.5, 0.6) is 0 Å². The molecule has 35 heavy (non-hydrogen) atoms. The van der Waals surface area contributed by atoms with Gasteiger partial charge in [-0.2, -0.15) is 0 Å². The third-order valence-corrected chi connectivity index (χ3v) is 7.24. The lowest BCUT2D eigenvalue weighted by molar-refractivity contribution is -0.124. The van der Waals surface area contributed by atoms with Crippen molar-refractivity contribution in [3.05, 3.63) is 47.0 Å². The van der Waals surface area contributed by atoms with Crippen molar-refractivity contribution in [2.75, 3.05) is 13.2 Å². The number of Topliss-reactive ketones (excluding diaryl/α,β-unsaturated/α-hetero) is 2. The molecular weight excluding hydrogens is 464 g/mol. The molecule has 0 aromatic heterocycles. The van der Waals surface area contributed by atoms with E-state index in [1.807, 2.05) is 30.3 Å². The Morgan fingerprint density at radius 3 is 2.63 bits per heavy atom. The van der Waals surface area contributed by atoms with E-state index >= 15 is 0 Å². The number of ether oxygens (including phenoxy) is 1. The fourth-order valence-electron chi connectivity index (χ4n) is 4.73. The number of halogens is 1. The first-order valence-corrected chi connectivity index (χ1v) is 13.6. The summed E-state index contributed by atoms with van der Waals surface area (Å²) in [5.41, 5.74) is -0.0551. The molecule has 2 N–H and O–H groups in total. The van der Waals surface area contributed by atoms with Crippen molar-refractivity contribution in [2.45, 2.75) is 96.2 Å². The molecule has 1 fully saturated rings. The van der Waals surface area contributed by atoms with E-state index in [4.69, 9.17) is 16.3 Å². The molecule has 1 aliphatic carbocycles. The van der Waals surface area contributed by atoms with E-state index in [9.17, 15) is 19.8 Å². The molecule has 0 spiro atoms. The van der Waals surface area contributed by atoms with Gasteiger partial charge in [-0.1, -0.05) is 74.9 Å². The van der Waals surface area contributed by atoms with Gasteiger partial charge in [0.05, 0.1) is 18.8 Å². The van der Waals surface area contributed by atoms with Crippen molar-refractivity contribution < 1.29 is 24.5 Å². The van der Waals surface area contributed by atoms with Gasteiger partial charge in [-0.3, -0.25) is 9.59 Å². The summed E-state index contributed by atoms with van der Waals surface area (Å²) in [7, 11) is 0. The van der Waals surface area contributed by atoms with Crippen LogP contribution >= 0.6 is 11.6 Å². The first-order valence-electron chi connectivity index (χ1n) is 13.2. The molecule has 0 heterocycles. The molecule has 1 saturated carbocycles. The van der Waals surface area contributed by atoms with Gasteiger partial charge in [0.1, 0.15) is 12.4 Å². The zero-order valence-electron chi connectivity index (χ0n) is 21.2. The molecule has 0 radical (unpaired) electrons. The van der Waals surface area contributed by atoms with Gasteiger partial charge in [0, 0.05) is 23.8 Å². The lowest BCUT2D eigenvalue weighted by atomic mass is 9.88. The first kappa shape index (κ1) is 29.7. The van der Waals surface area contributed by atoms with E-state index in [0.29, 0.717) is 43.1 Å². The van der Waals surface area contributed by atoms with Crippen LogP contribution < -0.4 is 0 Å². The topological polar surface area (TPSA) is 83.8 Å². The Morgan fingerprint density at radius 2 is 1.91 bits per heavy atom. The number of ketones is 2. The molecule has 1 aromatic carbocycles. The number of hydrogen-bond donors (Lipinski definition) is 2. The Morgan fingerprint density at radius 1 is 1.17 bits per heavy atom. The predicted octanol–water partition coefficient (Wildman–Crippen LogP) is 6.22. The molecule has 0 bridgehead atoms. The van der Waals surface area contributed by atoms with Gasteiger partial charge in [-0.15, -0.1) is 0 Å². The van der Waals surface area contributed by atoms with E-state index < -0.39 is 5.60 Å².